The van der Waals surface area contributed by atoms with Gasteiger partial charge in [-0.1, -0.05) is 78.9 Å². The Morgan fingerprint density at radius 3 is 2.13 bits per heavy atom. The molecule has 30 heavy (non-hydrogen) atoms. The third-order valence-corrected chi connectivity index (χ3v) is 4.93. The van der Waals surface area contributed by atoms with Gasteiger partial charge in [-0.15, -0.1) is 0 Å². The monoisotopic (exact) mass is 396 g/mol. The van der Waals surface area contributed by atoms with Crippen LogP contribution >= 0.6 is 0 Å². The fourth-order valence-corrected chi connectivity index (χ4v) is 3.22. The van der Waals surface area contributed by atoms with Crippen LogP contribution in [-0.2, 0) is 11.2 Å². The number of aromatic nitrogens is 1. The summed E-state index contributed by atoms with van der Waals surface area (Å²) in [4.78, 5) is 16.6. The standard InChI is InChI=1S/C27H28N2O/c1-22(27(30)29-20-9-8-11-23-12-10-19-28-21-23)17-18-26(24-13-4-2-5-14-24)25-15-6-3-7-16-25/h2-7,10,12-19,21H,8-9,11,20H2,1H3,(H,29,30). The number of hydrogen-bond acceptors (Lipinski definition) is 2. The average Bonchev–Trinajstić information content (AvgIpc) is 2.81. The molecule has 3 nitrogen and oxygen atoms in total. The van der Waals surface area contributed by atoms with Gasteiger partial charge in [0, 0.05) is 24.5 Å². The highest BCUT2D eigenvalue weighted by atomic mass is 16.1. The summed E-state index contributed by atoms with van der Waals surface area (Å²) in [6.45, 7) is 2.54. The molecule has 0 radical (unpaired) electrons. The minimum Gasteiger partial charge on any atom is -0.352 e. The van der Waals surface area contributed by atoms with Crippen LogP contribution < -0.4 is 5.32 Å². The van der Waals surface area contributed by atoms with Gasteiger partial charge in [-0.3, -0.25) is 9.78 Å². The minimum absolute atomic E-state index is 0.0203. The maximum absolute atomic E-state index is 12.4. The fourth-order valence-electron chi connectivity index (χ4n) is 3.22. The van der Waals surface area contributed by atoms with E-state index in [1.54, 1.807) is 6.20 Å². The van der Waals surface area contributed by atoms with Crippen LogP contribution in [0.4, 0.5) is 0 Å². The molecule has 3 rings (SSSR count). The van der Waals surface area contributed by atoms with E-state index in [2.05, 4.69) is 40.6 Å². The maximum Gasteiger partial charge on any atom is 0.246 e. The summed E-state index contributed by atoms with van der Waals surface area (Å²) in [6.07, 6.45) is 10.6. The van der Waals surface area contributed by atoms with Crippen LogP contribution in [0.15, 0.2) is 103 Å². The minimum atomic E-state index is -0.0203. The molecule has 3 aromatic rings. The van der Waals surface area contributed by atoms with Crippen molar-refractivity contribution < 1.29 is 4.79 Å². The molecule has 1 amide bonds. The molecule has 152 valence electrons. The van der Waals surface area contributed by atoms with Crippen molar-refractivity contribution in [3.05, 3.63) is 120 Å². The molecule has 2 aromatic carbocycles. The summed E-state index contributed by atoms with van der Waals surface area (Å²) in [5.74, 6) is -0.0203. The lowest BCUT2D eigenvalue weighted by Crippen LogP contribution is -2.25. The molecule has 0 saturated carbocycles. The quantitative estimate of drug-likeness (QED) is 0.291. The summed E-state index contributed by atoms with van der Waals surface area (Å²) in [7, 11) is 0. The Balaban J connectivity index is 1.58. The van der Waals surface area contributed by atoms with Crippen molar-refractivity contribution in [3.8, 4) is 0 Å². The first-order chi connectivity index (χ1) is 14.7. The van der Waals surface area contributed by atoms with Gasteiger partial charge in [0.15, 0.2) is 0 Å². The van der Waals surface area contributed by atoms with Gasteiger partial charge in [0.25, 0.3) is 0 Å². The first kappa shape index (κ1) is 21.3. The summed E-state index contributed by atoms with van der Waals surface area (Å²) >= 11 is 0. The van der Waals surface area contributed by atoms with Crippen molar-refractivity contribution in [1.82, 2.24) is 10.3 Å². The molecule has 0 fully saturated rings. The predicted octanol–water partition coefficient (Wildman–Crippen LogP) is 5.60. The Labute approximate surface area is 179 Å². The summed E-state index contributed by atoms with van der Waals surface area (Å²) in [6, 6.07) is 24.5. The van der Waals surface area contributed by atoms with Gasteiger partial charge in [0.05, 0.1) is 0 Å². The van der Waals surface area contributed by atoms with E-state index in [-0.39, 0.29) is 5.91 Å². The maximum atomic E-state index is 12.4. The lowest BCUT2D eigenvalue weighted by molar-refractivity contribution is -0.117. The molecule has 0 aliphatic heterocycles. The second kappa shape index (κ2) is 11.5. The molecular formula is C27H28N2O. The molecule has 1 heterocycles. The van der Waals surface area contributed by atoms with E-state index in [0.717, 1.165) is 36.0 Å². The third-order valence-electron chi connectivity index (χ3n) is 4.93. The number of rotatable bonds is 9. The number of amides is 1. The number of carbonyl (C=O) groups is 1. The average molecular weight is 397 g/mol. The summed E-state index contributed by atoms with van der Waals surface area (Å²) in [5.41, 5.74) is 5.29. The smallest absolute Gasteiger partial charge is 0.246 e. The van der Waals surface area contributed by atoms with E-state index in [1.807, 2.05) is 67.7 Å². The van der Waals surface area contributed by atoms with Gasteiger partial charge in [0.1, 0.15) is 0 Å². The number of benzene rings is 2. The Bertz CT molecular complexity index is 936. The van der Waals surface area contributed by atoms with E-state index < -0.39 is 0 Å². The third kappa shape index (κ3) is 6.56. The number of carbonyl (C=O) groups excluding carboxylic acids is 1. The SMILES string of the molecule is CC(=CC=C(c1ccccc1)c1ccccc1)C(=O)NCCCCc1cccnc1. The zero-order chi connectivity index (χ0) is 21.0. The van der Waals surface area contributed by atoms with E-state index >= 15 is 0 Å². The summed E-state index contributed by atoms with van der Waals surface area (Å²) < 4.78 is 0. The second-order valence-corrected chi connectivity index (χ2v) is 7.24. The largest absolute Gasteiger partial charge is 0.352 e. The van der Waals surface area contributed by atoms with Crippen molar-refractivity contribution in [2.24, 2.45) is 0 Å². The van der Waals surface area contributed by atoms with Crippen molar-refractivity contribution in [2.45, 2.75) is 26.2 Å². The highest BCUT2D eigenvalue weighted by Crippen LogP contribution is 2.23. The number of nitrogens with one attached hydrogen (secondary N) is 1. The van der Waals surface area contributed by atoms with Crippen molar-refractivity contribution in [2.75, 3.05) is 6.54 Å². The van der Waals surface area contributed by atoms with Gasteiger partial charge in [-0.25, -0.2) is 0 Å². The molecule has 0 atom stereocenters. The van der Waals surface area contributed by atoms with Crippen molar-refractivity contribution in [1.29, 1.82) is 0 Å². The molecule has 0 spiro atoms. The second-order valence-electron chi connectivity index (χ2n) is 7.24. The number of pyridine rings is 1. The van der Waals surface area contributed by atoms with Gasteiger partial charge in [-0.2, -0.15) is 0 Å². The van der Waals surface area contributed by atoms with E-state index in [4.69, 9.17) is 0 Å². The lowest BCUT2D eigenvalue weighted by Gasteiger charge is -2.08. The van der Waals surface area contributed by atoms with E-state index in [0.29, 0.717) is 12.1 Å². The predicted molar refractivity (Wildman–Crippen MR) is 124 cm³/mol. The van der Waals surface area contributed by atoms with Gasteiger partial charge in [0.2, 0.25) is 5.91 Å². The molecule has 0 bridgehead atoms. The van der Waals surface area contributed by atoms with Gasteiger partial charge in [-0.05, 0) is 54.5 Å². The van der Waals surface area contributed by atoms with Crippen molar-refractivity contribution in [3.63, 3.8) is 0 Å². The molecule has 0 saturated heterocycles. The first-order valence-corrected chi connectivity index (χ1v) is 10.4. The van der Waals surface area contributed by atoms with Crippen molar-refractivity contribution >= 4 is 11.5 Å². The number of aryl methyl sites for hydroxylation is 1. The van der Waals surface area contributed by atoms with Crippen LogP contribution in [0.1, 0.15) is 36.5 Å². The normalized spacial score (nSPS) is 11.0. The molecule has 0 aliphatic carbocycles. The molecule has 1 N–H and O–H groups in total. The Hall–Kier alpha value is -3.46. The van der Waals surface area contributed by atoms with Gasteiger partial charge >= 0.3 is 0 Å². The van der Waals surface area contributed by atoms with Crippen LogP contribution in [0, 0.1) is 0 Å². The number of hydrogen-bond donors (Lipinski definition) is 1. The highest BCUT2D eigenvalue weighted by molar-refractivity contribution is 5.93. The molecule has 0 aliphatic rings. The first-order valence-electron chi connectivity index (χ1n) is 10.4. The molecule has 0 unspecified atom stereocenters. The zero-order valence-electron chi connectivity index (χ0n) is 17.4. The molecule has 1 aromatic heterocycles. The Morgan fingerprint density at radius 1 is 0.867 bits per heavy atom. The number of allylic oxidation sites excluding steroid dienone is 2. The Morgan fingerprint density at radius 2 is 1.53 bits per heavy atom. The van der Waals surface area contributed by atoms with Crippen LogP contribution in [0.25, 0.3) is 5.57 Å². The number of nitrogens with zero attached hydrogens (tertiary/aromatic N) is 1. The lowest BCUT2D eigenvalue weighted by atomic mass is 9.97. The fraction of sp³-hybridized carbons (Fsp3) is 0.185. The number of unbranched alkanes of at least 4 members (excludes halogenated alkanes) is 1. The summed E-state index contributed by atoms with van der Waals surface area (Å²) in [5, 5.41) is 3.02. The topological polar surface area (TPSA) is 42.0 Å². The molecule has 3 heteroatoms. The highest BCUT2D eigenvalue weighted by Gasteiger charge is 2.06. The van der Waals surface area contributed by atoms with Crippen LogP contribution in [-0.4, -0.2) is 17.4 Å². The molecular weight excluding hydrogens is 368 g/mol. The van der Waals surface area contributed by atoms with Gasteiger partial charge < -0.3 is 5.32 Å². The van der Waals surface area contributed by atoms with Crippen LogP contribution in [0.3, 0.4) is 0 Å². The Kier molecular flexibility index (Phi) is 8.16. The zero-order valence-corrected chi connectivity index (χ0v) is 17.4. The van der Waals surface area contributed by atoms with Crippen LogP contribution in [0.2, 0.25) is 0 Å². The van der Waals surface area contributed by atoms with E-state index in [1.165, 1.54) is 5.56 Å². The van der Waals surface area contributed by atoms with Crippen LogP contribution in [0.5, 0.6) is 0 Å². The van der Waals surface area contributed by atoms with E-state index in [9.17, 15) is 4.79 Å².